The molecule has 116 valence electrons. The highest BCUT2D eigenvalue weighted by molar-refractivity contribution is 5.82. The Kier molecular flexibility index (Phi) is 5.19. The Morgan fingerprint density at radius 2 is 2.14 bits per heavy atom. The van der Waals surface area contributed by atoms with Gasteiger partial charge in [-0.1, -0.05) is 19.3 Å². The van der Waals surface area contributed by atoms with E-state index >= 15 is 0 Å². The molecular formula is C14H22N4O3. The van der Waals surface area contributed by atoms with E-state index in [1.807, 2.05) is 0 Å². The maximum absolute atomic E-state index is 11.9. The van der Waals surface area contributed by atoms with Crippen LogP contribution in [-0.2, 0) is 18.4 Å². The average molecular weight is 294 g/mol. The van der Waals surface area contributed by atoms with Crippen LogP contribution >= 0.6 is 0 Å². The predicted molar refractivity (Wildman–Crippen MR) is 76.6 cm³/mol. The number of aromatic nitrogens is 2. The third kappa shape index (κ3) is 4.47. The summed E-state index contributed by atoms with van der Waals surface area (Å²) < 4.78 is 1.65. The van der Waals surface area contributed by atoms with Crippen LogP contribution in [0.1, 0.15) is 37.8 Å². The van der Waals surface area contributed by atoms with Crippen molar-refractivity contribution in [1.82, 2.24) is 20.4 Å². The Morgan fingerprint density at radius 3 is 2.71 bits per heavy atom. The maximum Gasteiger partial charge on any atom is 0.326 e. The molecule has 0 radical (unpaired) electrons. The van der Waals surface area contributed by atoms with E-state index in [1.54, 1.807) is 24.0 Å². The van der Waals surface area contributed by atoms with Crippen molar-refractivity contribution in [2.45, 2.75) is 44.7 Å². The van der Waals surface area contributed by atoms with E-state index in [2.05, 4.69) is 15.7 Å². The van der Waals surface area contributed by atoms with Gasteiger partial charge in [-0.05, 0) is 24.8 Å². The average Bonchev–Trinajstić information content (AvgIpc) is 2.89. The molecule has 1 aliphatic rings. The zero-order valence-electron chi connectivity index (χ0n) is 12.2. The molecule has 0 bridgehead atoms. The molecule has 0 aliphatic heterocycles. The molecule has 1 aromatic heterocycles. The van der Waals surface area contributed by atoms with Gasteiger partial charge in [0.2, 0.25) is 0 Å². The van der Waals surface area contributed by atoms with Gasteiger partial charge in [0, 0.05) is 13.2 Å². The van der Waals surface area contributed by atoms with Crippen molar-refractivity contribution in [3.8, 4) is 0 Å². The van der Waals surface area contributed by atoms with Gasteiger partial charge in [-0.15, -0.1) is 0 Å². The number of urea groups is 1. The highest BCUT2D eigenvalue weighted by Crippen LogP contribution is 2.26. The topological polar surface area (TPSA) is 96.2 Å². The van der Waals surface area contributed by atoms with Crippen molar-refractivity contribution in [2.75, 3.05) is 0 Å². The van der Waals surface area contributed by atoms with Gasteiger partial charge in [-0.2, -0.15) is 5.10 Å². The standard InChI is InChI=1S/C14H22N4O3/c1-18-8-7-11(17-18)9-15-14(21)16-12(13(19)20)10-5-3-2-4-6-10/h7-8,10,12H,2-6,9H2,1H3,(H,19,20)(H2,15,16,21). The summed E-state index contributed by atoms with van der Waals surface area (Å²) in [5.74, 6) is -0.938. The van der Waals surface area contributed by atoms with Gasteiger partial charge in [0.25, 0.3) is 0 Å². The number of nitrogens with zero attached hydrogens (tertiary/aromatic N) is 2. The number of carbonyl (C=O) groups is 2. The van der Waals surface area contributed by atoms with Crippen LogP contribution in [0.25, 0.3) is 0 Å². The van der Waals surface area contributed by atoms with Crippen LogP contribution in [-0.4, -0.2) is 32.9 Å². The second kappa shape index (κ2) is 7.10. The normalized spacial score (nSPS) is 17.2. The van der Waals surface area contributed by atoms with Crippen LogP contribution < -0.4 is 10.6 Å². The quantitative estimate of drug-likeness (QED) is 0.761. The first kappa shape index (κ1) is 15.3. The monoisotopic (exact) mass is 294 g/mol. The van der Waals surface area contributed by atoms with E-state index < -0.39 is 18.0 Å². The van der Waals surface area contributed by atoms with Gasteiger partial charge < -0.3 is 15.7 Å². The molecule has 1 aromatic rings. The van der Waals surface area contributed by atoms with E-state index in [-0.39, 0.29) is 12.5 Å². The third-order valence-electron chi connectivity index (χ3n) is 3.87. The molecule has 1 fully saturated rings. The fraction of sp³-hybridized carbons (Fsp3) is 0.643. The van der Waals surface area contributed by atoms with Crippen LogP contribution in [0, 0.1) is 5.92 Å². The molecule has 2 rings (SSSR count). The highest BCUT2D eigenvalue weighted by Gasteiger charge is 2.30. The Morgan fingerprint density at radius 1 is 1.43 bits per heavy atom. The fourth-order valence-corrected chi connectivity index (χ4v) is 2.77. The van der Waals surface area contributed by atoms with Crippen molar-refractivity contribution in [3.63, 3.8) is 0 Å². The third-order valence-corrected chi connectivity index (χ3v) is 3.87. The summed E-state index contributed by atoms with van der Waals surface area (Å²) in [6.07, 6.45) is 6.72. The Labute approximate surface area is 123 Å². The number of amides is 2. The molecule has 7 nitrogen and oxygen atoms in total. The molecule has 0 aromatic carbocycles. The maximum atomic E-state index is 11.9. The number of hydrogen-bond donors (Lipinski definition) is 3. The summed E-state index contributed by atoms with van der Waals surface area (Å²) in [7, 11) is 1.80. The van der Waals surface area contributed by atoms with Gasteiger partial charge in [0.05, 0.1) is 12.2 Å². The molecule has 1 saturated carbocycles. The molecular weight excluding hydrogens is 272 g/mol. The second-order valence-electron chi connectivity index (χ2n) is 5.52. The SMILES string of the molecule is Cn1ccc(CNC(=O)NC(C(=O)O)C2CCCCC2)n1. The summed E-state index contributed by atoms with van der Waals surface area (Å²) in [5.41, 5.74) is 0.734. The summed E-state index contributed by atoms with van der Waals surface area (Å²) in [6.45, 7) is 0.281. The zero-order valence-corrected chi connectivity index (χ0v) is 12.2. The molecule has 7 heteroatoms. The summed E-state index contributed by atoms with van der Waals surface area (Å²) in [5, 5.41) is 18.7. The first-order chi connectivity index (χ1) is 10.1. The van der Waals surface area contributed by atoms with Crippen LogP contribution in [0.5, 0.6) is 0 Å². The number of carboxylic acids is 1. The van der Waals surface area contributed by atoms with Crippen molar-refractivity contribution >= 4 is 12.0 Å². The molecule has 1 aliphatic carbocycles. The molecule has 1 heterocycles. The van der Waals surface area contributed by atoms with Gasteiger partial charge in [-0.3, -0.25) is 4.68 Å². The van der Waals surface area contributed by atoms with Crippen LogP contribution in [0.2, 0.25) is 0 Å². The van der Waals surface area contributed by atoms with Crippen molar-refractivity contribution in [1.29, 1.82) is 0 Å². The highest BCUT2D eigenvalue weighted by atomic mass is 16.4. The summed E-state index contributed by atoms with van der Waals surface area (Å²) in [6, 6.07) is 0.531. The number of nitrogens with one attached hydrogen (secondary N) is 2. The molecule has 21 heavy (non-hydrogen) atoms. The van der Waals surface area contributed by atoms with Crippen LogP contribution in [0.3, 0.4) is 0 Å². The number of hydrogen-bond acceptors (Lipinski definition) is 3. The molecule has 0 spiro atoms. The lowest BCUT2D eigenvalue weighted by Crippen LogP contribution is -2.50. The number of carboxylic acid groups (broad SMARTS) is 1. The molecule has 3 N–H and O–H groups in total. The summed E-state index contributed by atoms with van der Waals surface area (Å²) in [4.78, 5) is 23.2. The lowest BCUT2D eigenvalue weighted by atomic mass is 9.84. The molecule has 0 saturated heterocycles. The van der Waals surface area contributed by atoms with Crippen LogP contribution in [0.15, 0.2) is 12.3 Å². The Bertz CT molecular complexity index is 494. The largest absolute Gasteiger partial charge is 0.480 e. The number of aliphatic carboxylic acids is 1. The van der Waals surface area contributed by atoms with E-state index in [0.29, 0.717) is 0 Å². The Hall–Kier alpha value is -2.05. The first-order valence-corrected chi connectivity index (χ1v) is 7.32. The Balaban J connectivity index is 1.84. The van der Waals surface area contributed by atoms with E-state index in [1.165, 1.54) is 0 Å². The lowest BCUT2D eigenvalue weighted by Gasteiger charge is -2.28. The van der Waals surface area contributed by atoms with Crippen molar-refractivity contribution in [2.24, 2.45) is 13.0 Å². The smallest absolute Gasteiger partial charge is 0.326 e. The van der Waals surface area contributed by atoms with Crippen LogP contribution in [0.4, 0.5) is 4.79 Å². The zero-order chi connectivity index (χ0) is 15.2. The minimum atomic E-state index is -0.963. The van der Waals surface area contributed by atoms with Crippen molar-refractivity contribution in [3.05, 3.63) is 18.0 Å². The first-order valence-electron chi connectivity index (χ1n) is 7.32. The predicted octanol–water partition coefficient (Wildman–Crippen LogP) is 1.25. The van der Waals surface area contributed by atoms with Gasteiger partial charge in [0.15, 0.2) is 0 Å². The van der Waals surface area contributed by atoms with Gasteiger partial charge >= 0.3 is 12.0 Å². The molecule has 1 atom stereocenters. The lowest BCUT2D eigenvalue weighted by molar-refractivity contribution is -0.141. The fourth-order valence-electron chi connectivity index (χ4n) is 2.77. The number of carbonyl (C=O) groups excluding carboxylic acids is 1. The molecule has 2 amide bonds. The van der Waals surface area contributed by atoms with Gasteiger partial charge in [0.1, 0.15) is 6.04 Å². The van der Waals surface area contributed by atoms with E-state index in [4.69, 9.17) is 0 Å². The minimum Gasteiger partial charge on any atom is -0.480 e. The second-order valence-corrected chi connectivity index (χ2v) is 5.52. The number of aryl methyl sites for hydroxylation is 1. The minimum absolute atomic E-state index is 0.0249. The van der Waals surface area contributed by atoms with Gasteiger partial charge in [-0.25, -0.2) is 9.59 Å². The van der Waals surface area contributed by atoms with E-state index in [9.17, 15) is 14.7 Å². The van der Waals surface area contributed by atoms with E-state index in [0.717, 1.165) is 37.8 Å². The van der Waals surface area contributed by atoms with Crippen molar-refractivity contribution < 1.29 is 14.7 Å². The number of rotatable bonds is 5. The molecule has 1 unspecified atom stereocenters. The summed E-state index contributed by atoms with van der Waals surface area (Å²) >= 11 is 0.